The van der Waals surface area contributed by atoms with E-state index in [1.54, 1.807) is 24.3 Å². The molecule has 1 saturated heterocycles. The van der Waals surface area contributed by atoms with Gasteiger partial charge in [-0.1, -0.05) is 0 Å². The number of rotatable bonds is 6. The van der Waals surface area contributed by atoms with Crippen molar-refractivity contribution >= 4 is 22.5 Å². The molecule has 182 valence electrons. The van der Waals surface area contributed by atoms with Crippen LogP contribution in [0.5, 0.6) is 5.75 Å². The summed E-state index contributed by atoms with van der Waals surface area (Å²) < 4.78 is 38.6. The average Bonchev–Trinajstić information content (AvgIpc) is 3.15. The van der Waals surface area contributed by atoms with Gasteiger partial charge in [-0.05, 0) is 63.9 Å². The third-order valence-electron chi connectivity index (χ3n) is 5.64. The zero-order valence-electron chi connectivity index (χ0n) is 19.4. The van der Waals surface area contributed by atoms with E-state index in [9.17, 15) is 18.7 Å². The highest BCUT2D eigenvalue weighted by molar-refractivity contribution is 6.09. The van der Waals surface area contributed by atoms with E-state index >= 15 is 0 Å². The first-order valence-corrected chi connectivity index (χ1v) is 11.2. The molecule has 4 rings (SSSR count). The molecule has 2 heterocycles. The van der Waals surface area contributed by atoms with Crippen LogP contribution in [0.15, 0.2) is 42.6 Å². The number of anilines is 1. The number of amides is 1. The van der Waals surface area contributed by atoms with Crippen molar-refractivity contribution in [2.24, 2.45) is 0 Å². The minimum atomic E-state index is -0.980. The van der Waals surface area contributed by atoms with Gasteiger partial charge in [0, 0.05) is 36.3 Å². The Kier molecular flexibility index (Phi) is 6.88. The smallest absolute Gasteiger partial charge is 0.255 e. The van der Waals surface area contributed by atoms with Crippen LogP contribution in [0, 0.1) is 11.6 Å². The number of aliphatic hydroxyl groups is 1. The number of likely N-dealkylation sites (tertiary alicyclic amines) is 1. The highest BCUT2D eigenvalue weighted by Gasteiger charge is 2.28. The molecule has 0 aliphatic carbocycles. The monoisotopic (exact) mass is 473 g/mol. The second kappa shape index (κ2) is 9.69. The molecule has 1 atom stereocenters. The maximum absolute atomic E-state index is 13.6. The number of piperidine rings is 1. The summed E-state index contributed by atoms with van der Waals surface area (Å²) in [5, 5.41) is 13.3. The minimum Gasteiger partial charge on any atom is -0.490 e. The van der Waals surface area contributed by atoms with Gasteiger partial charge in [-0.3, -0.25) is 9.69 Å². The highest BCUT2D eigenvalue weighted by atomic mass is 19.2. The van der Waals surface area contributed by atoms with Crippen molar-refractivity contribution in [1.29, 1.82) is 0 Å². The molecule has 1 aromatic heterocycles. The van der Waals surface area contributed by atoms with Crippen LogP contribution in [0.3, 0.4) is 0 Å². The standard InChI is InChI=1S/C25H29F2N3O4/c1-25(2,3)34-24(32)30-10-8-17(9-11-30)33-16-6-4-15(5-7-16)23(31)29-22-14-28-21-13-20(27)19(26)12-18(21)22/h4-7,12-14,17,24,28,32H,8-11H2,1-3H3,(H,29,31). The van der Waals surface area contributed by atoms with Crippen molar-refractivity contribution in [3.05, 3.63) is 59.8 Å². The number of benzene rings is 2. The van der Waals surface area contributed by atoms with E-state index in [1.807, 2.05) is 25.7 Å². The first-order chi connectivity index (χ1) is 16.1. The fraction of sp³-hybridized carbons (Fsp3) is 0.400. The zero-order valence-corrected chi connectivity index (χ0v) is 19.4. The lowest BCUT2D eigenvalue weighted by molar-refractivity contribution is -0.244. The second-order valence-electron chi connectivity index (χ2n) is 9.40. The van der Waals surface area contributed by atoms with Gasteiger partial charge >= 0.3 is 0 Å². The van der Waals surface area contributed by atoms with Crippen LogP contribution in [-0.4, -0.2) is 52.1 Å². The van der Waals surface area contributed by atoms with E-state index in [0.29, 0.717) is 41.0 Å². The summed E-state index contributed by atoms with van der Waals surface area (Å²) in [7, 11) is 0. The number of carbonyl (C=O) groups is 1. The summed E-state index contributed by atoms with van der Waals surface area (Å²) in [6.07, 6.45) is 2.04. The van der Waals surface area contributed by atoms with Gasteiger partial charge in [-0.25, -0.2) is 8.78 Å². The lowest BCUT2D eigenvalue weighted by atomic mass is 10.1. The molecule has 0 radical (unpaired) electrons. The number of aliphatic hydroxyl groups excluding tert-OH is 1. The molecular weight excluding hydrogens is 444 g/mol. The van der Waals surface area contributed by atoms with Crippen molar-refractivity contribution in [3.63, 3.8) is 0 Å². The van der Waals surface area contributed by atoms with Crippen molar-refractivity contribution in [2.75, 3.05) is 18.4 Å². The van der Waals surface area contributed by atoms with Gasteiger partial charge in [0.25, 0.3) is 5.91 Å². The Balaban J connectivity index is 1.31. The number of nitrogens with one attached hydrogen (secondary N) is 2. The number of hydrogen-bond donors (Lipinski definition) is 3. The highest BCUT2D eigenvalue weighted by Crippen LogP contribution is 2.27. The lowest BCUT2D eigenvalue weighted by Gasteiger charge is -2.37. The minimum absolute atomic E-state index is 0.000671. The van der Waals surface area contributed by atoms with Crippen LogP contribution in [0.25, 0.3) is 10.9 Å². The fourth-order valence-electron chi connectivity index (χ4n) is 3.90. The number of halogens is 2. The van der Waals surface area contributed by atoms with Crippen LogP contribution in [-0.2, 0) is 4.74 Å². The molecule has 1 amide bonds. The fourth-order valence-corrected chi connectivity index (χ4v) is 3.90. The third-order valence-corrected chi connectivity index (χ3v) is 5.64. The van der Waals surface area contributed by atoms with Crippen LogP contribution in [0.4, 0.5) is 14.5 Å². The summed E-state index contributed by atoms with van der Waals surface area (Å²) in [5.41, 5.74) is 0.731. The Morgan fingerprint density at radius 3 is 2.44 bits per heavy atom. The van der Waals surface area contributed by atoms with Gasteiger partial charge in [0.05, 0.1) is 16.8 Å². The first kappa shape index (κ1) is 24.1. The maximum atomic E-state index is 13.6. The molecule has 9 heteroatoms. The number of carbonyl (C=O) groups excluding carboxylic acids is 1. The molecule has 1 aliphatic rings. The predicted octanol–water partition coefficient (Wildman–Crippen LogP) is 4.63. The summed E-state index contributed by atoms with van der Waals surface area (Å²) in [6.45, 7) is 7.00. The number of aromatic nitrogens is 1. The van der Waals surface area contributed by atoms with E-state index in [0.717, 1.165) is 25.0 Å². The summed E-state index contributed by atoms with van der Waals surface area (Å²) in [5.74, 6) is -1.67. The van der Waals surface area contributed by atoms with E-state index in [2.05, 4.69) is 10.3 Å². The van der Waals surface area contributed by atoms with Gasteiger partial charge in [0.2, 0.25) is 6.41 Å². The molecule has 1 aliphatic heterocycles. The van der Waals surface area contributed by atoms with Crippen LogP contribution in [0.2, 0.25) is 0 Å². The third kappa shape index (κ3) is 5.72. The molecule has 1 unspecified atom stereocenters. The van der Waals surface area contributed by atoms with Crippen LogP contribution in [0.1, 0.15) is 44.0 Å². The van der Waals surface area contributed by atoms with E-state index in [1.165, 1.54) is 6.20 Å². The van der Waals surface area contributed by atoms with Crippen LogP contribution < -0.4 is 10.1 Å². The molecule has 0 spiro atoms. The number of aromatic amines is 1. The first-order valence-electron chi connectivity index (χ1n) is 11.2. The zero-order chi connectivity index (χ0) is 24.5. The Labute approximate surface area is 196 Å². The van der Waals surface area contributed by atoms with Gasteiger partial charge in [0.1, 0.15) is 11.9 Å². The second-order valence-corrected chi connectivity index (χ2v) is 9.40. The molecule has 34 heavy (non-hydrogen) atoms. The van der Waals surface area contributed by atoms with Gasteiger partial charge in [-0.2, -0.15) is 0 Å². The quantitative estimate of drug-likeness (QED) is 0.455. The van der Waals surface area contributed by atoms with Crippen molar-refractivity contribution < 1.29 is 28.2 Å². The predicted molar refractivity (Wildman–Crippen MR) is 125 cm³/mol. The number of ether oxygens (including phenoxy) is 2. The Morgan fingerprint density at radius 1 is 1.15 bits per heavy atom. The molecule has 7 nitrogen and oxygen atoms in total. The van der Waals surface area contributed by atoms with E-state index in [4.69, 9.17) is 9.47 Å². The Bertz CT molecular complexity index is 1150. The van der Waals surface area contributed by atoms with Crippen molar-refractivity contribution in [2.45, 2.75) is 51.7 Å². The van der Waals surface area contributed by atoms with Crippen molar-refractivity contribution in [1.82, 2.24) is 9.88 Å². The summed E-state index contributed by atoms with van der Waals surface area (Å²) in [4.78, 5) is 17.3. The average molecular weight is 474 g/mol. The normalized spacial score (nSPS) is 16.5. The van der Waals surface area contributed by atoms with Crippen molar-refractivity contribution in [3.8, 4) is 5.75 Å². The molecule has 3 N–H and O–H groups in total. The lowest BCUT2D eigenvalue weighted by Crippen LogP contribution is -2.47. The molecular formula is C25H29F2N3O4. The Hall–Kier alpha value is -3.01. The largest absolute Gasteiger partial charge is 0.490 e. The van der Waals surface area contributed by atoms with E-state index < -0.39 is 23.6 Å². The summed E-state index contributed by atoms with van der Waals surface area (Å²) in [6, 6.07) is 8.85. The number of nitrogens with zero attached hydrogens (tertiary/aromatic N) is 1. The number of H-pyrrole nitrogens is 1. The number of fused-ring (bicyclic) bond motifs is 1. The molecule has 0 bridgehead atoms. The van der Waals surface area contributed by atoms with Gasteiger partial charge in [-0.15, -0.1) is 0 Å². The van der Waals surface area contributed by atoms with Gasteiger partial charge < -0.3 is 24.9 Å². The van der Waals surface area contributed by atoms with Crippen LogP contribution >= 0.6 is 0 Å². The molecule has 2 aromatic carbocycles. The summed E-state index contributed by atoms with van der Waals surface area (Å²) >= 11 is 0. The SMILES string of the molecule is CC(C)(C)OC(O)N1CCC(Oc2ccc(C(=O)Nc3c[nH]c4cc(F)c(F)cc34)cc2)CC1. The molecule has 1 fully saturated rings. The maximum Gasteiger partial charge on any atom is 0.255 e. The topological polar surface area (TPSA) is 86.8 Å². The number of hydrogen-bond acceptors (Lipinski definition) is 5. The molecule has 3 aromatic rings. The van der Waals surface area contributed by atoms with E-state index in [-0.39, 0.29) is 12.0 Å². The Morgan fingerprint density at radius 2 is 1.79 bits per heavy atom. The van der Waals surface area contributed by atoms with Gasteiger partial charge in [0.15, 0.2) is 11.6 Å². The molecule has 0 saturated carbocycles.